The Labute approximate surface area is 141 Å². The van der Waals surface area contributed by atoms with E-state index in [0.29, 0.717) is 5.56 Å². The summed E-state index contributed by atoms with van der Waals surface area (Å²) in [5.41, 5.74) is -1.17. The van der Waals surface area contributed by atoms with Gasteiger partial charge in [0, 0.05) is 11.6 Å². The quantitative estimate of drug-likeness (QED) is 0.469. The van der Waals surface area contributed by atoms with Gasteiger partial charge in [-0.3, -0.25) is 0 Å². The van der Waals surface area contributed by atoms with E-state index in [2.05, 4.69) is 6.07 Å². The van der Waals surface area contributed by atoms with Gasteiger partial charge in [-0.15, -0.1) is 0 Å². The van der Waals surface area contributed by atoms with Crippen LogP contribution in [0.15, 0.2) is 54.6 Å². The van der Waals surface area contributed by atoms with Crippen molar-refractivity contribution in [3.05, 3.63) is 83.4 Å². The van der Waals surface area contributed by atoms with E-state index in [9.17, 15) is 17.6 Å². The molecule has 0 N–H and O–H groups in total. The molecule has 0 saturated carbocycles. The first-order valence-electron chi connectivity index (χ1n) is 7.43. The summed E-state index contributed by atoms with van der Waals surface area (Å²) in [5, 5.41) is 0. The smallest absolute Gasteiger partial charge is 0.206 e. The molecule has 0 aliphatic heterocycles. The molecule has 0 aliphatic rings. The normalized spacial score (nSPS) is 11.6. The van der Waals surface area contributed by atoms with Crippen LogP contribution in [0.4, 0.5) is 22.0 Å². The maximum atomic E-state index is 15.0. The molecule has 25 heavy (non-hydrogen) atoms. The highest BCUT2D eigenvalue weighted by atomic mass is 19.4. The van der Waals surface area contributed by atoms with Crippen molar-refractivity contribution in [3.8, 4) is 22.3 Å². The molecule has 3 rings (SSSR count). The summed E-state index contributed by atoms with van der Waals surface area (Å²) < 4.78 is 69.0. The number of alkyl halides is 3. The number of benzene rings is 3. The molecule has 0 heterocycles. The van der Waals surface area contributed by atoms with Crippen LogP contribution in [0, 0.1) is 24.6 Å². The fraction of sp³-hybridized carbons (Fsp3) is 0.100. The van der Waals surface area contributed by atoms with Crippen LogP contribution < -0.4 is 0 Å². The minimum atomic E-state index is -4.73. The number of aryl methyl sites for hydroxylation is 1. The Bertz CT molecular complexity index is 926. The molecule has 0 saturated heterocycles. The van der Waals surface area contributed by atoms with E-state index in [4.69, 9.17) is 0 Å². The van der Waals surface area contributed by atoms with Crippen LogP contribution in [-0.4, -0.2) is 0 Å². The van der Waals surface area contributed by atoms with Crippen LogP contribution in [-0.2, 0) is 6.18 Å². The van der Waals surface area contributed by atoms with Gasteiger partial charge in [0.2, 0.25) is 0 Å². The van der Waals surface area contributed by atoms with Gasteiger partial charge in [-0.25, -0.2) is 8.78 Å². The van der Waals surface area contributed by atoms with Crippen molar-refractivity contribution >= 4 is 0 Å². The van der Waals surface area contributed by atoms with Gasteiger partial charge in [0.05, 0.1) is 11.1 Å². The molecule has 0 aromatic heterocycles. The molecule has 0 atom stereocenters. The number of hydrogen-bond acceptors (Lipinski definition) is 0. The van der Waals surface area contributed by atoms with Crippen LogP contribution in [0.25, 0.3) is 22.3 Å². The van der Waals surface area contributed by atoms with Gasteiger partial charge in [-0.05, 0) is 35.7 Å². The molecule has 5 heteroatoms. The van der Waals surface area contributed by atoms with Crippen LogP contribution in [0.1, 0.15) is 11.1 Å². The predicted octanol–water partition coefficient (Wildman–Crippen LogP) is 6.43. The van der Waals surface area contributed by atoms with E-state index < -0.39 is 34.5 Å². The summed E-state index contributed by atoms with van der Waals surface area (Å²) in [6, 6.07) is 14.5. The Morgan fingerprint density at radius 2 is 1.40 bits per heavy atom. The van der Waals surface area contributed by atoms with Gasteiger partial charge in [0.25, 0.3) is 0 Å². The van der Waals surface area contributed by atoms with Crippen LogP contribution in [0.5, 0.6) is 0 Å². The van der Waals surface area contributed by atoms with Gasteiger partial charge >= 0.3 is 6.18 Å². The first-order valence-corrected chi connectivity index (χ1v) is 7.43. The standard InChI is InChI=1S/C20H12F5/c1-12-6-2-3-7-13(12)14-10-11-17(21)18(19(14)22)15-8-4-5-9-16(15)20(23,24)25/h2-10H,1H3. The van der Waals surface area contributed by atoms with E-state index in [1.807, 2.05) is 0 Å². The zero-order chi connectivity index (χ0) is 18.2. The topological polar surface area (TPSA) is 0 Å². The zero-order valence-electron chi connectivity index (χ0n) is 13.1. The molecule has 0 unspecified atom stereocenters. The highest BCUT2D eigenvalue weighted by Crippen LogP contribution is 2.41. The minimum absolute atomic E-state index is 0.00600. The molecule has 0 amide bonds. The fourth-order valence-electron chi connectivity index (χ4n) is 2.76. The third-order valence-electron chi connectivity index (χ3n) is 3.96. The van der Waals surface area contributed by atoms with Crippen molar-refractivity contribution < 1.29 is 22.0 Å². The third-order valence-corrected chi connectivity index (χ3v) is 3.96. The Morgan fingerprint density at radius 1 is 0.800 bits per heavy atom. The molecule has 0 fully saturated rings. The Morgan fingerprint density at radius 3 is 2.04 bits per heavy atom. The van der Waals surface area contributed by atoms with E-state index in [1.165, 1.54) is 12.1 Å². The molecule has 0 aliphatic carbocycles. The molecule has 127 valence electrons. The van der Waals surface area contributed by atoms with Crippen LogP contribution in [0.3, 0.4) is 0 Å². The average molecular weight is 347 g/mol. The highest BCUT2D eigenvalue weighted by molar-refractivity contribution is 5.77. The van der Waals surface area contributed by atoms with E-state index >= 15 is 4.39 Å². The van der Waals surface area contributed by atoms with Gasteiger partial charge in [-0.2, -0.15) is 13.2 Å². The van der Waals surface area contributed by atoms with Crippen molar-refractivity contribution in [2.24, 2.45) is 0 Å². The summed E-state index contributed by atoms with van der Waals surface area (Å²) in [5.74, 6) is -2.20. The van der Waals surface area contributed by atoms with Crippen molar-refractivity contribution in [3.63, 3.8) is 0 Å². The van der Waals surface area contributed by atoms with Crippen LogP contribution >= 0.6 is 0 Å². The highest BCUT2D eigenvalue weighted by Gasteiger charge is 2.35. The summed E-state index contributed by atoms with van der Waals surface area (Å²) >= 11 is 0. The maximum absolute atomic E-state index is 15.0. The zero-order valence-corrected chi connectivity index (χ0v) is 13.1. The second kappa shape index (κ2) is 6.31. The molecular formula is C20H12F5. The lowest BCUT2D eigenvalue weighted by molar-refractivity contribution is -0.137. The lowest BCUT2D eigenvalue weighted by Crippen LogP contribution is -2.08. The predicted molar refractivity (Wildman–Crippen MR) is 85.8 cm³/mol. The lowest BCUT2D eigenvalue weighted by Gasteiger charge is -2.16. The van der Waals surface area contributed by atoms with Crippen molar-refractivity contribution in [2.75, 3.05) is 0 Å². The summed E-state index contributed by atoms with van der Waals surface area (Å²) in [6.45, 7) is 1.74. The summed E-state index contributed by atoms with van der Waals surface area (Å²) in [7, 11) is 0. The Balaban J connectivity index is 2.30. The van der Waals surface area contributed by atoms with E-state index in [0.717, 1.165) is 23.8 Å². The van der Waals surface area contributed by atoms with E-state index in [1.54, 1.807) is 31.2 Å². The van der Waals surface area contributed by atoms with E-state index in [-0.39, 0.29) is 5.56 Å². The minimum Gasteiger partial charge on any atom is -0.206 e. The summed E-state index contributed by atoms with van der Waals surface area (Å²) in [4.78, 5) is 0. The molecule has 0 nitrogen and oxygen atoms in total. The first kappa shape index (κ1) is 17.1. The molecular weight excluding hydrogens is 335 g/mol. The molecule has 0 spiro atoms. The van der Waals surface area contributed by atoms with Crippen molar-refractivity contribution in [1.82, 2.24) is 0 Å². The molecule has 3 aromatic rings. The Hall–Kier alpha value is -2.69. The number of rotatable bonds is 2. The summed E-state index contributed by atoms with van der Waals surface area (Å²) in [6.07, 6.45) is -4.73. The van der Waals surface area contributed by atoms with Crippen LogP contribution in [0.2, 0.25) is 0 Å². The second-order valence-corrected chi connectivity index (χ2v) is 5.56. The number of halogens is 5. The monoisotopic (exact) mass is 347 g/mol. The maximum Gasteiger partial charge on any atom is 0.417 e. The Kier molecular flexibility index (Phi) is 4.33. The molecule has 3 aromatic carbocycles. The van der Waals surface area contributed by atoms with Gasteiger partial charge in [-0.1, -0.05) is 42.5 Å². The third kappa shape index (κ3) is 3.14. The SMILES string of the molecule is Cc1ccccc1-c1c[c]c(F)c(-c2ccccc2C(F)(F)F)c1F. The average Bonchev–Trinajstić information content (AvgIpc) is 2.56. The number of hydrogen-bond donors (Lipinski definition) is 0. The largest absolute Gasteiger partial charge is 0.417 e. The van der Waals surface area contributed by atoms with Gasteiger partial charge < -0.3 is 0 Å². The fourth-order valence-corrected chi connectivity index (χ4v) is 2.76. The molecule has 1 radical (unpaired) electrons. The van der Waals surface area contributed by atoms with Crippen molar-refractivity contribution in [2.45, 2.75) is 13.1 Å². The molecule has 0 bridgehead atoms. The lowest BCUT2D eigenvalue weighted by atomic mass is 9.93. The van der Waals surface area contributed by atoms with Gasteiger partial charge in [0.15, 0.2) is 0 Å². The van der Waals surface area contributed by atoms with Crippen molar-refractivity contribution in [1.29, 1.82) is 0 Å². The first-order chi connectivity index (χ1) is 11.8. The van der Waals surface area contributed by atoms with Gasteiger partial charge in [0.1, 0.15) is 11.6 Å². The second-order valence-electron chi connectivity index (χ2n) is 5.56.